The number of para-hydroxylation sites is 1. The lowest BCUT2D eigenvalue weighted by molar-refractivity contribution is 0.501. The average Bonchev–Trinajstić information content (AvgIpc) is 2.81. The molecule has 0 radical (unpaired) electrons. The van der Waals surface area contributed by atoms with Crippen molar-refractivity contribution in [3.05, 3.63) is 36.0 Å². The highest BCUT2D eigenvalue weighted by Crippen LogP contribution is 2.17. The molecule has 21 heavy (non-hydrogen) atoms. The minimum atomic E-state index is 0.0157. The molecule has 0 atom stereocenters. The van der Waals surface area contributed by atoms with E-state index in [2.05, 4.69) is 78.8 Å². The van der Waals surface area contributed by atoms with E-state index in [1.165, 1.54) is 16.5 Å². The number of guanidine groups is 1. The van der Waals surface area contributed by atoms with Crippen LogP contribution >= 0.6 is 0 Å². The van der Waals surface area contributed by atoms with Gasteiger partial charge in [0.25, 0.3) is 0 Å². The number of nitrogens with one attached hydrogen (secondary N) is 3. The number of fused-ring (bicyclic) bond motifs is 1. The maximum absolute atomic E-state index is 4.66. The summed E-state index contributed by atoms with van der Waals surface area (Å²) in [5.74, 6) is 0.879. The van der Waals surface area contributed by atoms with Crippen LogP contribution in [0.25, 0.3) is 10.9 Å². The third-order valence-electron chi connectivity index (χ3n) is 3.16. The maximum atomic E-state index is 4.66. The van der Waals surface area contributed by atoms with E-state index in [-0.39, 0.29) is 5.54 Å². The van der Waals surface area contributed by atoms with E-state index in [0.717, 1.165) is 25.5 Å². The summed E-state index contributed by atoms with van der Waals surface area (Å²) < 4.78 is 0. The summed E-state index contributed by atoms with van der Waals surface area (Å²) in [5, 5.41) is 7.99. The molecule has 3 N–H and O–H groups in total. The van der Waals surface area contributed by atoms with Crippen molar-refractivity contribution in [1.29, 1.82) is 0 Å². The molecule has 2 aromatic rings. The zero-order valence-corrected chi connectivity index (χ0v) is 13.5. The van der Waals surface area contributed by atoms with E-state index in [1.807, 2.05) is 0 Å². The summed E-state index contributed by atoms with van der Waals surface area (Å²) in [6, 6.07) is 8.39. The van der Waals surface area contributed by atoms with Crippen LogP contribution in [0.15, 0.2) is 35.5 Å². The minimum Gasteiger partial charge on any atom is -0.361 e. The lowest BCUT2D eigenvalue weighted by atomic mass is 10.1. The number of hydrogen-bond acceptors (Lipinski definition) is 1. The molecule has 1 heterocycles. The van der Waals surface area contributed by atoms with E-state index >= 15 is 0 Å². The van der Waals surface area contributed by atoms with E-state index in [0.29, 0.717) is 0 Å². The molecule has 0 saturated carbocycles. The van der Waals surface area contributed by atoms with Crippen molar-refractivity contribution in [1.82, 2.24) is 15.6 Å². The Morgan fingerprint density at radius 2 is 2.00 bits per heavy atom. The van der Waals surface area contributed by atoms with Crippen LogP contribution in [0.3, 0.4) is 0 Å². The molecule has 0 saturated heterocycles. The molecule has 0 amide bonds. The molecule has 4 heteroatoms. The number of aliphatic imine (C=N–C) groups is 1. The van der Waals surface area contributed by atoms with Gasteiger partial charge < -0.3 is 15.6 Å². The van der Waals surface area contributed by atoms with E-state index < -0.39 is 0 Å². The third-order valence-corrected chi connectivity index (χ3v) is 3.16. The van der Waals surface area contributed by atoms with E-state index in [1.54, 1.807) is 0 Å². The Kier molecular flexibility index (Phi) is 4.89. The first-order chi connectivity index (χ1) is 9.99. The number of rotatable bonds is 4. The second-order valence-corrected chi connectivity index (χ2v) is 6.25. The van der Waals surface area contributed by atoms with Gasteiger partial charge in [0.2, 0.25) is 0 Å². The number of aromatic nitrogens is 1. The zero-order chi connectivity index (χ0) is 15.3. The SMILES string of the molecule is CCNC(=NCCc1c[nH]c2ccccc12)NC(C)(C)C. The molecule has 0 spiro atoms. The number of H-pyrrole nitrogens is 1. The molecule has 4 nitrogen and oxygen atoms in total. The molecule has 1 aromatic carbocycles. The molecular weight excluding hydrogens is 260 g/mol. The van der Waals surface area contributed by atoms with E-state index in [9.17, 15) is 0 Å². The van der Waals surface area contributed by atoms with Gasteiger partial charge in [0.05, 0.1) is 0 Å². The molecule has 1 aromatic heterocycles. The van der Waals surface area contributed by atoms with Gasteiger partial charge in [-0.05, 0) is 45.7 Å². The first-order valence-corrected chi connectivity index (χ1v) is 7.61. The summed E-state index contributed by atoms with van der Waals surface area (Å²) >= 11 is 0. The average molecular weight is 286 g/mol. The highest BCUT2D eigenvalue weighted by molar-refractivity contribution is 5.83. The van der Waals surface area contributed by atoms with Crippen LogP contribution < -0.4 is 10.6 Å². The van der Waals surface area contributed by atoms with Gasteiger partial charge in [-0.2, -0.15) is 0 Å². The van der Waals surface area contributed by atoms with Crippen LogP contribution in [0.1, 0.15) is 33.3 Å². The lowest BCUT2D eigenvalue weighted by Gasteiger charge is -2.23. The van der Waals surface area contributed by atoms with Crippen LogP contribution in [-0.4, -0.2) is 29.6 Å². The molecule has 114 valence electrons. The van der Waals surface area contributed by atoms with Crippen molar-refractivity contribution >= 4 is 16.9 Å². The van der Waals surface area contributed by atoms with Crippen LogP contribution in [0.2, 0.25) is 0 Å². The highest BCUT2D eigenvalue weighted by atomic mass is 15.2. The van der Waals surface area contributed by atoms with Crippen molar-refractivity contribution in [3.8, 4) is 0 Å². The van der Waals surface area contributed by atoms with Crippen molar-refractivity contribution in [2.45, 2.75) is 39.7 Å². The Hall–Kier alpha value is -1.97. The van der Waals surface area contributed by atoms with Gasteiger partial charge in [0.15, 0.2) is 5.96 Å². The summed E-state index contributed by atoms with van der Waals surface area (Å²) in [6.45, 7) is 10.1. The van der Waals surface area contributed by atoms with Gasteiger partial charge in [-0.3, -0.25) is 4.99 Å². The van der Waals surface area contributed by atoms with Crippen LogP contribution in [0, 0.1) is 0 Å². The number of hydrogen-bond donors (Lipinski definition) is 3. The summed E-state index contributed by atoms with van der Waals surface area (Å²) in [7, 11) is 0. The first-order valence-electron chi connectivity index (χ1n) is 7.61. The maximum Gasteiger partial charge on any atom is 0.191 e. The predicted octanol–water partition coefficient (Wildman–Crippen LogP) is 3.06. The normalized spacial score (nSPS) is 12.7. The fraction of sp³-hybridized carbons (Fsp3) is 0.471. The molecule has 0 unspecified atom stereocenters. The van der Waals surface area contributed by atoms with Crippen molar-refractivity contribution in [3.63, 3.8) is 0 Å². The van der Waals surface area contributed by atoms with Gasteiger partial charge >= 0.3 is 0 Å². The lowest BCUT2D eigenvalue weighted by Crippen LogP contribution is -2.47. The quantitative estimate of drug-likeness (QED) is 0.597. The van der Waals surface area contributed by atoms with Crippen molar-refractivity contribution in [2.75, 3.05) is 13.1 Å². The van der Waals surface area contributed by atoms with Crippen LogP contribution in [0.4, 0.5) is 0 Å². The molecule has 2 rings (SSSR count). The Labute approximate surface area is 127 Å². The fourth-order valence-corrected chi connectivity index (χ4v) is 2.29. The predicted molar refractivity (Wildman–Crippen MR) is 90.9 cm³/mol. The molecule has 0 aliphatic heterocycles. The summed E-state index contributed by atoms with van der Waals surface area (Å²) in [6.07, 6.45) is 3.02. The van der Waals surface area contributed by atoms with Crippen molar-refractivity contribution < 1.29 is 0 Å². The van der Waals surface area contributed by atoms with E-state index in [4.69, 9.17) is 0 Å². The zero-order valence-electron chi connectivity index (χ0n) is 13.5. The minimum absolute atomic E-state index is 0.0157. The largest absolute Gasteiger partial charge is 0.361 e. The Balaban J connectivity index is 2.02. The molecule has 0 bridgehead atoms. The second kappa shape index (κ2) is 6.66. The standard InChI is InChI=1S/C17H26N4/c1-5-18-16(21-17(2,3)4)19-11-10-13-12-20-15-9-7-6-8-14(13)15/h6-9,12,20H,5,10-11H2,1-4H3,(H2,18,19,21). The summed E-state index contributed by atoms with van der Waals surface area (Å²) in [5.41, 5.74) is 2.53. The fourth-order valence-electron chi connectivity index (χ4n) is 2.29. The molecule has 0 aliphatic carbocycles. The van der Waals surface area contributed by atoms with Gasteiger partial charge in [0, 0.05) is 35.7 Å². The monoisotopic (exact) mass is 286 g/mol. The topological polar surface area (TPSA) is 52.2 Å². The molecule has 0 fully saturated rings. The molecular formula is C17H26N4. The second-order valence-electron chi connectivity index (χ2n) is 6.25. The smallest absolute Gasteiger partial charge is 0.191 e. The summed E-state index contributed by atoms with van der Waals surface area (Å²) in [4.78, 5) is 7.97. The highest BCUT2D eigenvalue weighted by Gasteiger charge is 2.11. The first kappa shape index (κ1) is 15.4. The van der Waals surface area contributed by atoms with Crippen molar-refractivity contribution in [2.24, 2.45) is 4.99 Å². The Morgan fingerprint density at radius 1 is 1.24 bits per heavy atom. The Bertz CT molecular complexity index is 605. The van der Waals surface area contributed by atoms with Crippen LogP contribution in [0.5, 0.6) is 0 Å². The number of benzene rings is 1. The number of aromatic amines is 1. The Morgan fingerprint density at radius 3 is 2.71 bits per heavy atom. The van der Waals surface area contributed by atoms with Gasteiger partial charge in [-0.25, -0.2) is 0 Å². The van der Waals surface area contributed by atoms with Gasteiger partial charge in [-0.1, -0.05) is 18.2 Å². The van der Waals surface area contributed by atoms with Gasteiger partial charge in [-0.15, -0.1) is 0 Å². The van der Waals surface area contributed by atoms with Crippen LogP contribution in [-0.2, 0) is 6.42 Å². The van der Waals surface area contributed by atoms with Gasteiger partial charge in [0.1, 0.15) is 0 Å². The number of nitrogens with zero attached hydrogens (tertiary/aromatic N) is 1. The molecule has 0 aliphatic rings. The third kappa shape index (κ3) is 4.52.